The van der Waals surface area contributed by atoms with Gasteiger partial charge in [0.2, 0.25) is 0 Å². The molecule has 0 saturated carbocycles. The maximum atomic E-state index is 13.6. The zero-order valence-electron chi connectivity index (χ0n) is 25.4. The molecule has 2 unspecified atom stereocenters. The van der Waals surface area contributed by atoms with Crippen LogP contribution in [-0.2, 0) is 88.3 Å². The number of carbonyl (C=O) groups is 6. The summed E-state index contributed by atoms with van der Waals surface area (Å²) in [6.45, 7) is 11.4. The summed E-state index contributed by atoms with van der Waals surface area (Å²) in [6.07, 6.45) is -5.04. The van der Waals surface area contributed by atoms with E-state index in [9.17, 15) is 31.6 Å². The van der Waals surface area contributed by atoms with Gasteiger partial charge in [0.15, 0.2) is 0 Å². The predicted octanol–water partition coefficient (Wildman–Crippen LogP) is 2.01. The summed E-state index contributed by atoms with van der Waals surface area (Å²) in [5.41, 5.74) is -5.12. The average molecular weight is 686 g/mol. The van der Waals surface area contributed by atoms with Crippen molar-refractivity contribution in [1.29, 1.82) is 0 Å². The number of rotatable bonds is 20. The Bertz CT molecular complexity index is 889. The van der Waals surface area contributed by atoms with Gasteiger partial charge in [-0.15, -0.1) is 0 Å². The fourth-order valence-electron chi connectivity index (χ4n) is 3.47. The molecule has 0 radical (unpaired) electrons. The molecule has 0 aliphatic heterocycles. The van der Waals surface area contributed by atoms with E-state index in [1.807, 2.05) is 0 Å². The first-order chi connectivity index (χ1) is 19.6. The van der Waals surface area contributed by atoms with Crippen LogP contribution in [0.25, 0.3) is 0 Å². The molecule has 0 spiro atoms. The van der Waals surface area contributed by atoms with Crippen molar-refractivity contribution in [2.24, 2.45) is 0 Å². The van der Waals surface area contributed by atoms with Crippen molar-refractivity contribution in [3.8, 4) is 0 Å². The number of ether oxygens (including phenoxy) is 6. The monoisotopic (exact) mass is 684 g/mol. The Kier molecular flexibility index (Phi) is 18.4. The molecular formula is C26H42O15Zr. The van der Waals surface area contributed by atoms with Crippen molar-refractivity contribution in [3.63, 3.8) is 0 Å². The molecule has 15 nitrogen and oxygen atoms in total. The Morgan fingerprint density at radius 1 is 0.524 bits per heavy atom. The summed E-state index contributed by atoms with van der Waals surface area (Å²) in [7, 11) is 0. The third kappa shape index (κ3) is 14.1. The Labute approximate surface area is 254 Å². The van der Waals surface area contributed by atoms with E-state index in [2.05, 4.69) is 0 Å². The molecule has 0 fully saturated rings. The predicted molar refractivity (Wildman–Crippen MR) is 136 cm³/mol. The number of carbonyl (C=O) groups excluding carboxylic acids is 6. The quantitative estimate of drug-likeness (QED) is 0.133. The van der Waals surface area contributed by atoms with Crippen molar-refractivity contribution >= 4 is 35.8 Å². The molecule has 42 heavy (non-hydrogen) atoms. The molecule has 0 amide bonds. The first-order valence-electron chi connectivity index (χ1n) is 13.6. The van der Waals surface area contributed by atoms with Crippen LogP contribution in [-0.4, -0.2) is 85.7 Å². The molecule has 240 valence electrons. The second-order valence-electron chi connectivity index (χ2n) is 9.28. The SMILES string of the molecule is CCOC(=O)CC(CC(=O)OC(C)C)([O][Zr](=[O])[O]C(CC(=O)OCC)(CC(=O)OC(C)C)C(=O)OCC)C(=O)OCC. The minimum absolute atomic E-state index is 0.100. The number of esters is 6. The van der Waals surface area contributed by atoms with Crippen LogP contribution >= 0.6 is 0 Å². The topological polar surface area (TPSA) is 193 Å². The average Bonchev–Trinajstić information content (AvgIpc) is 2.83. The molecule has 0 rings (SSSR count). The van der Waals surface area contributed by atoms with Crippen LogP contribution in [0.15, 0.2) is 0 Å². The van der Waals surface area contributed by atoms with Gasteiger partial charge in [-0.1, -0.05) is 0 Å². The molecule has 0 aromatic heterocycles. The van der Waals surface area contributed by atoms with Gasteiger partial charge in [0.25, 0.3) is 0 Å². The van der Waals surface area contributed by atoms with Crippen molar-refractivity contribution in [1.82, 2.24) is 0 Å². The zero-order chi connectivity index (χ0) is 32.5. The van der Waals surface area contributed by atoms with E-state index >= 15 is 0 Å². The van der Waals surface area contributed by atoms with Gasteiger partial charge >= 0.3 is 255 Å². The van der Waals surface area contributed by atoms with Crippen LogP contribution in [0, 0.1) is 0 Å². The normalized spacial score (nSPS) is 13.8. The summed E-state index contributed by atoms with van der Waals surface area (Å²) < 4.78 is 54.8. The summed E-state index contributed by atoms with van der Waals surface area (Å²) >= 11 is -5.37. The van der Waals surface area contributed by atoms with E-state index in [1.165, 1.54) is 55.4 Å². The standard InChI is InChI=1S/2C13H21O7.O.Zr/c2*1-5-18-10(14)7-13(17,12(16)19-6-2)8-11(15)20-9(3)4;;/h2*9H,5-8H2,1-4H3;;/q2*-1;;+2. The van der Waals surface area contributed by atoms with Crippen molar-refractivity contribution in [2.75, 3.05) is 26.4 Å². The number of hydrogen-bond acceptors (Lipinski definition) is 15. The molecule has 0 aliphatic carbocycles. The van der Waals surface area contributed by atoms with Gasteiger partial charge in [0.05, 0.1) is 0 Å². The van der Waals surface area contributed by atoms with Gasteiger partial charge in [0, 0.05) is 0 Å². The van der Waals surface area contributed by atoms with Gasteiger partial charge in [0.1, 0.15) is 0 Å². The Morgan fingerprint density at radius 3 is 1.07 bits per heavy atom. The molecule has 0 N–H and O–H groups in total. The summed E-state index contributed by atoms with van der Waals surface area (Å²) in [5.74, 6) is -6.57. The fraction of sp³-hybridized carbons (Fsp3) is 0.769. The van der Waals surface area contributed by atoms with E-state index in [0.717, 1.165) is 0 Å². The van der Waals surface area contributed by atoms with E-state index in [1.54, 1.807) is 0 Å². The fourth-order valence-corrected chi connectivity index (χ4v) is 6.26. The first kappa shape index (κ1) is 39.4. The van der Waals surface area contributed by atoms with E-state index in [-0.39, 0.29) is 26.4 Å². The van der Waals surface area contributed by atoms with E-state index in [4.69, 9.17) is 34.0 Å². The third-order valence-corrected chi connectivity index (χ3v) is 7.66. The van der Waals surface area contributed by atoms with Gasteiger partial charge < -0.3 is 0 Å². The van der Waals surface area contributed by atoms with Crippen LogP contribution in [0.2, 0.25) is 0 Å². The minimum atomic E-state index is -5.37. The second kappa shape index (κ2) is 19.6. The van der Waals surface area contributed by atoms with Gasteiger partial charge in [-0.2, -0.15) is 0 Å². The van der Waals surface area contributed by atoms with Crippen LogP contribution in [0.3, 0.4) is 0 Å². The van der Waals surface area contributed by atoms with E-state index < -0.39 is 108 Å². The van der Waals surface area contributed by atoms with Gasteiger partial charge in [-0.25, -0.2) is 0 Å². The molecule has 16 heteroatoms. The van der Waals surface area contributed by atoms with Crippen LogP contribution in [0.1, 0.15) is 81.1 Å². The molecule has 0 heterocycles. The second-order valence-corrected chi connectivity index (χ2v) is 11.5. The molecule has 2 atom stereocenters. The first-order valence-corrected chi connectivity index (χ1v) is 16.6. The zero-order valence-corrected chi connectivity index (χ0v) is 27.9. The van der Waals surface area contributed by atoms with Crippen molar-refractivity contribution in [2.45, 2.75) is 104 Å². The van der Waals surface area contributed by atoms with Crippen LogP contribution in [0.4, 0.5) is 0 Å². The van der Waals surface area contributed by atoms with Crippen molar-refractivity contribution < 1.29 is 88.3 Å². The molecule has 0 bridgehead atoms. The van der Waals surface area contributed by atoms with E-state index in [0.29, 0.717) is 0 Å². The third-order valence-electron chi connectivity index (χ3n) is 4.92. The Hall–Kier alpha value is -2.58. The van der Waals surface area contributed by atoms with Crippen molar-refractivity contribution in [3.05, 3.63) is 0 Å². The van der Waals surface area contributed by atoms with Crippen LogP contribution < -0.4 is 0 Å². The van der Waals surface area contributed by atoms with Gasteiger partial charge in [-0.05, 0) is 0 Å². The van der Waals surface area contributed by atoms with Gasteiger partial charge in [-0.3, -0.25) is 0 Å². The van der Waals surface area contributed by atoms with Crippen LogP contribution in [0.5, 0.6) is 0 Å². The molecule has 0 saturated heterocycles. The maximum absolute atomic E-state index is 13.6. The number of hydrogen-bond donors (Lipinski definition) is 0. The Morgan fingerprint density at radius 2 is 0.810 bits per heavy atom. The summed E-state index contributed by atoms with van der Waals surface area (Å²) in [5, 5.41) is 0. The summed E-state index contributed by atoms with van der Waals surface area (Å²) in [4.78, 5) is 76.7. The summed E-state index contributed by atoms with van der Waals surface area (Å²) in [6, 6.07) is 0. The molecular weight excluding hydrogens is 643 g/mol. The Balaban J connectivity index is 6.83. The molecule has 0 aromatic carbocycles. The molecule has 0 aliphatic rings. The molecule has 0 aromatic rings.